The molecule has 3 aliphatic rings. The normalized spacial score (nSPS) is 19.6. The third-order valence-electron chi connectivity index (χ3n) is 6.80. The Kier molecular flexibility index (Phi) is 4.57. The zero-order valence-corrected chi connectivity index (χ0v) is 18.0. The SMILES string of the molecule is CS(=O)(=O)c1ccc(C(=O)Nc2ncc3c(n2)CCC3)c(N2CCC3(CC2)CC3)c1. The Balaban J connectivity index is 1.44. The molecule has 2 aromatic rings. The van der Waals surface area contributed by atoms with Gasteiger partial charge in [0.2, 0.25) is 5.95 Å². The Morgan fingerprint density at radius 2 is 1.90 bits per heavy atom. The third kappa shape index (κ3) is 3.69. The van der Waals surface area contributed by atoms with E-state index in [0.29, 0.717) is 22.6 Å². The molecule has 2 fully saturated rings. The molecular formula is C22H26N4O3S. The molecule has 158 valence electrons. The molecule has 1 aromatic carbocycles. The van der Waals surface area contributed by atoms with Crippen LogP contribution in [0.5, 0.6) is 0 Å². The number of piperidine rings is 1. The van der Waals surface area contributed by atoms with Crippen molar-refractivity contribution in [1.29, 1.82) is 0 Å². The van der Waals surface area contributed by atoms with Crippen LogP contribution >= 0.6 is 0 Å². The van der Waals surface area contributed by atoms with Gasteiger partial charge in [-0.1, -0.05) is 0 Å². The van der Waals surface area contributed by atoms with Gasteiger partial charge in [0.25, 0.3) is 5.91 Å². The van der Waals surface area contributed by atoms with E-state index in [0.717, 1.165) is 56.5 Å². The molecule has 0 atom stereocenters. The number of aromatic nitrogens is 2. The summed E-state index contributed by atoms with van der Waals surface area (Å²) in [5.41, 5.74) is 3.77. The zero-order chi connectivity index (χ0) is 20.9. The monoisotopic (exact) mass is 426 g/mol. The summed E-state index contributed by atoms with van der Waals surface area (Å²) in [5, 5.41) is 2.82. The first kappa shape index (κ1) is 19.5. The molecule has 30 heavy (non-hydrogen) atoms. The maximum absolute atomic E-state index is 13.1. The van der Waals surface area contributed by atoms with Gasteiger partial charge in [-0.05, 0) is 74.1 Å². The number of anilines is 2. The van der Waals surface area contributed by atoms with Crippen LogP contribution in [0.3, 0.4) is 0 Å². The van der Waals surface area contributed by atoms with Crippen molar-refractivity contribution < 1.29 is 13.2 Å². The van der Waals surface area contributed by atoms with Crippen LogP contribution in [-0.4, -0.2) is 43.6 Å². The van der Waals surface area contributed by atoms with Crippen molar-refractivity contribution in [2.75, 3.05) is 29.6 Å². The number of carbonyl (C=O) groups excluding carboxylic acids is 1. The molecule has 0 bridgehead atoms. The Hall–Kier alpha value is -2.48. The second kappa shape index (κ2) is 7.04. The van der Waals surface area contributed by atoms with Gasteiger partial charge < -0.3 is 4.90 Å². The molecule has 7 nitrogen and oxygen atoms in total. The number of fused-ring (bicyclic) bond motifs is 1. The van der Waals surface area contributed by atoms with Crippen LogP contribution in [0.2, 0.25) is 0 Å². The second-order valence-corrected chi connectivity index (χ2v) is 10.9. The van der Waals surface area contributed by atoms with Crippen LogP contribution in [0.4, 0.5) is 11.6 Å². The van der Waals surface area contributed by atoms with Gasteiger partial charge in [-0.3, -0.25) is 10.1 Å². The highest BCUT2D eigenvalue weighted by molar-refractivity contribution is 7.90. The first-order valence-corrected chi connectivity index (χ1v) is 12.5. The molecule has 1 amide bonds. The van der Waals surface area contributed by atoms with E-state index in [1.165, 1.54) is 25.2 Å². The van der Waals surface area contributed by atoms with Crippen molar-refractivity contribution in [3.63, 3.8) is 0 Å². The van der Waals surface area contributed by atoms with Crippen molar-refractivity contribution in [1.82, 2.24) is 9.97 Å². The number of benzene rings is 1. The van der Waals surface area contributed by atoms with Crippen molar-refractivity contribution in [2.24, 2.45) is 5.41 Å². The average molecular weight is 427 g/mol. The molecule has 1 saturated carbocycles. The number of rotatable bonds is 4. The van der Waals surface area contributed by atoms with Crippen molar-refractivity contribution in [3.05, 3.63) is 41.2 Å². The van der Waals surface area contributed by atoms with E-state index >= 15 is 0 Å². The zero-order valence-electron chi connectivity index (χ0n) is 17.1. The van der Waals surface area contributed by atoms with Crippen LogP contribution in [-0.2, 0) is 22.7 Å². The van der Waals surface area contributed by atoms with Crippen LogP contribution < -0.4 is 10.2 Å². The van der Waals surface area contributed by atoms with Crippen molar-refractivity contribution in [2.45, 2.75) is 49.8 Å². The van der Waals surface area contributed by atoms with Crippen molar-refractivity contribution in [3.8, 4) is 0 Å². The quantitative estimate of drug-likeness (QED) is 0.808. The summed E-state index contributed by atoms with van der Waals surface area (Å²) in [7, 11) is -3.37. The highest BCUT2D eigenvalue weighted by Crippen LogP contribution is 2.54. The van der Waals surface area contributed by atoms with E-state index in [1.54, 1.807) is 18.3 Å². The molecule has 1 aromatic heterocycles. The summed E-state index contributed by atoms with van der Waals surface area (Å²) in [4.78, 5) is 24.3. The van der Waals surface area contributed by atoms with E-state index in [-0.39, 0.29) is 10.8 Å². The lowest BCUT2D eigenvalue weighted by molar-refractivity contribution is 0.102. The van der Waals surface area contributed by atoms with Gasteiger partial charge in [0.15, 0.2) is 9.84 Å². The van der Waals surface area contributed by atoms with Crippen LogP contribution in [0, 0.1) is 5.41 Å². The first-order valence-electron chi connectivity index (χ1n) is 10.6. The fourth-order valence-electron chi connectivity index (χ4n) is 4.64. The fraction of sp³-hybridized carbons (Fsp3) is 0.500. The smallest absolute Gasteiger partial charge is 0.260 e. The summed E-state index contributed by atoms with van der Waals surface area (Å²) in [6.45, 7) is 1.67. The lowest BCUT2D eigenvalue weighted by Gasteiger charge is -2.35. The molecular weight excluding hydrogens is 400 g/mol. The van der Waals surface area contributed by atoms with Crippen LogP contribution in [0.25, 0.3) is 0 Å². The second-order valence-electron chi connectivity index (χ2n) is 8.91. The number of sulfone groups is 1. The lowest BCUT2D eigenvalue weighted by atomic mass is 9.93. The summed E-state index contributed by atoms with van der Waals surface area (Å²) < 4.78 is 24.2. The number of hydrogen-bond acceptors (Lipinski definition) is 6. The summed E-state index contributed by atoms with van der Waals surface area (Å²) in [6.07, 6.45) is 10.7. The fourth-order valence-corrected chi connectivity index (χ4v) is 5.28. The van der Waals surface area contributed by atoms with Gasteiger partial charge in [-0.25, -0.2) is 18.4 Å². The minimum Gasteiger partial charge on any atom is -0.371 e. The number of amides is 1. The molecule has 1 saturated heterocycles. The largest absolute Gasteiger partial charge is 0.371 e. The van der Waals surface area contributed by atoms with E-state index in [2.05, 4.69) is 20.2 Å². The van der Waals surface area contributed by atoms with Gasteiger partial charge in [0.05, 0.1) is 16.1 Å². The average Bonchev–Trinajstić information content (AvgIpc) is 3.30. The minimum absolute atomic E-state index is 0.231. The van der Waals surface area contributed by atoms with Gasteiger partial charge in [-0.15, -0.1) is 0 Å². The van der Waals surface area contributed by atoms with E-state index in [1.807, 2.05) is 0 Å². The van der Waals surface area contributed by atoms with E-state index in [4.69, 9.17) is 0 Å². The van der Waals surface area contributed by atoms with Gasteiger partial charge >= 0.3 is 0 Å². The highest BCUT2D eigenvalue weighted by atomic mass is 32.2. The molecule has 1 aliphatic heterocycles. The molecule has 0 radical (unpaired) electrons. The number of carbonyl (C=O) groups is 1. The topological polar surface area (TPSA) is 92.3 Å². The van der Waals surface area contributed by atoms with E-state index < -0.39 is 9.84 Å². The molecule has 8 heteroatoms. The highest BCUT2D eigenvalue weighted by Gasteiger charge is 2.44. The summed E-state index contributed by atoms with van der Waals surface area (Å²) in [6, 6.07) is 4.75. The van der Waals surface area contributed by atoms with Crippen molar-refractivity contribution >= 4 is 27.4 Å². The number of aryl methyl sites for hydroxylation is 2. The molecule has 5 rings (SSSR count). The maximum Gasteiger partial charge on any atom is 0.260 e. The third-order valence-corrected chi connectivity index (χ3v) is 7.91. The Morgan fingerprint density at radius 3 is 2.60 bits per heavy atom. The standard InChI is InChI=1S/C22H26N4O3S/c1-30(28,29)16-5-6-17(19(13-16)26-11-9-22(7-8-22)10-12-26)20(27)25-21-23-14-15-3-2-4-18(15)24-21/h5-6,13-14H,2-4,7-12H2,1H3,(H,23,24,25,27). The Bertz CT molecular complexity index is 1120. The van der Waals surface area contributed by atoms with E-state index in [9.17, 15) is 13.2 Å². The summed E-state index contributed by atoms with van der Waals surface area (Å²) >= 11 is 0. The predicted octanol–water partition coefficient (Wildman–Crippen LogP) is 3.00. The van der Waals surface area contributed by atoms with Crippen LogP contribution in [0.15, 0.2) is 29.3 Å². The van der Waals surface area contributed by atoms with Gasteiger partial charge in [0.1, 0.15) is 0 Å². The summed E-state index contributed by atoms with van der Waals surface area (Å²) in [5.74, 6) is -0.0101. The van der Waals surface area contributed by atoms with Gasteiger partial charge in [-0.2, -0.15) is 0 Å². The number of hydrogen-bond donors (Lipinski definition) is 1. The number of nitrogens with one attached hydrogen (secondary N) is 1. The van der Waals surface area contributed by atoms with Crippen LogP contribution in [0.1, 0.15) is 53.7 Å². The van der Waals surface area contributed by atoms with Gasteiger partial charge in [0, 0.05) is 31.2 Å². The predicted molar refractivity (Wildman–Crippen MR) is 115 cm³/mol. The molecule has 1 spiro atoms. The molecule has 0 unspecified atom stereocenters. The molecule has 2 heterocycles. The Morgan fingerprint density at radius 1 is 1.13 bits per heavy atom. The first-order chi connectivity index (χ1) is 14.3. The minimum atomic E-state index is -3.37. The Labute approximate surface area is 176 Å². The number of nitrogens with zero attached hydrogens (tertiary/aromatic N) is 3. The maximum atomic E-state index is 13.1. The molecule has 2 aliphatic carbocycles. The lowest BCUT2D eigenvalue weighted by Crippen LogP contribution is -2.36. The molecule has 1 N–H and O–H groups in total.